The molecule has 0 saturated carbocycles. The molecule has 34 heavy (non-hydrogen) atoms. The summed E-state index contributed by atoms with van der Waals surface area (Å²) in [6, 6.07) is 3.05. The van der Waals surface area contributed by atoms with Crippen molar-refractivity contribution >= 4 is 22.8 Å². The van der Waals surface area contributed by atoms with E-state index in [2.05, 4.69) is 21.8 Å². The Balaban J connectivity index is 1.65. The Hall–Kier alpha value is -2.71. The molecular formula is C26H36FN5O2. The van der Waals surface area contributed by atoms with E-state index in [0.717, 1.165) is 29.4 Å². The van der Waals surface area contributed by atoms with Gasteiger partial charge in [-0.05, 0) is 64.5 Å². The third kappa shape index (κ3) is 4.61. The second kappa shape index (κ2) is 10.3. The Morgan fingerprint density at radius 3 is 2.82 bits per heavy atom. The molecule has 2 aliphatic rings. The van der Waals surface area contributed by atoms with Crippen molar-refractivity contribution in [2.45, 2.75) is 38.1 Å². The van der Waals surface area contributed by atoms with Crippen LogP contribution in [0.1, 0.15) is 36.8 Å². The van der Waals surface area contributed by atoms with Crippen molar-refractivity contribution in [3.63, 3.8) is 0 Å². The zero-order valence-corrected chi connectivity index (χ0v) is 20.4. The number of aromatic amines is 1. The molecule has 1 fully saturated rings. The number of halogens is 1. The zero-order valence-electron chi connectivity index (χ0n) is 20.4. The number of rotatable bonds is 8. The maximum absolute atomic E-state index is 15.2. The highest BCUT2D eigenvalue weighted by molar-refractivity contribution is 5.96. The van der Waals surface area contributed by atoms with E-state index in [4.69, 9.17) is 0 Å². The lowest BCUT2D eigenvalue weighted by Gasteiger charge is -2.47. The van der Waals surface area contributed by atoms with Gasteiger partial charge in [0.1, 0.15) is 5.82 Å². The van der Waals surface area contributed by atoms with Gasteiger partial charge in [-0.2, -0.15) is 0 Å². The predicted octanol–water partition coefficient (Wildman–Crippen LogP) is 3.33. The number of carbonyl (C=O) groups excluding carboxylic acids is 2. The summed E-state index contributed by atoms with van der Waals surface area (Å²) in [7, 11) is 3.94. The topological polar surface area (TPSA) is 71.7 Å². The molecule has 2 N–H and O–H groups in total. The number of H-pyrrole nitrogens is 1. The molecule has 3 atom stereocenters. The van der Waals surface area contributed by atoms with Crippen LogP contribution in [0.4, 0.5) is 9.18 Å². The van der Waals surface area contributed by atoms with E-state index < -0.39 is 5.92 Å². The van der Waals surface area contributed by atoms with Crippen molar-refractivity contribution in [3.8, 4) is 0 Å². The van der Waals surface area contributed by atoms with E-state index >= 15 is 4.39 Å². The fourth-order valence-electron chi connectivity index (χ4n) is 5.72. The molecule has 2 heterocycles. The maximum Gasteiger partial charge on any atom is 0.324 e. The molecule has 1 aliphatic carbocycles. The molecule has 184 valence electrons. The van der Waals surface area contributed by atoms with Gasteiger partial charge in [0.15, 0.2) is 0 Å². The number of hydrogen-bond donors (Lipinski definition) is 2. The molecule has 0 unspecified atom stereocenters. The second-order valence-corrected chi connectivity index (χ2v) is 9.73. The first-order valence-electron chi connectivity index (χ1n) is 12.2. The van der Waals surface area contributed by atoms with Gasteiger partial charge in [-0.15, -0.1) is 6.58 Å². The van der Waals surface area contributed by atoms with Gasteiger partial charge in [0, 0.05) is 60.8 Å². The van der Waals surface area contributed by atoms with Crippen LogP contribution in [0, 0.1) is 11.7 Å². The molecule has 1 aliphatic heterocycles. The first-order chi connectivity index (χ1) is 16.3. The minimum Gasteiger partial charge on any atom is -0.361 e. The number of fused-ring (bicyclic) bond motifs is 2. The number of nitrogens with zero attached hydrogens (tertiary/aromatic N) is 3. The number of urea groups is 1. The van der Waals surface area contributed by atoms with Crippen molar-refractivity contribution in [2.24, 2.45) is 5.92 Å². The molecule has 1 aromatic heterocycles. The first kappa shape index (κ1) is 24.4. The summed E-state index contributed by atoms with van der Waals surface area (Å²) in [5.74, 6) is -0.906. The third-order valence-electron chi connectivity index (χ3n) is 7.18. The molecule has 0 radical (unpaired) electrons. The molecule has 1 aromatic carbocycles. The van der Waals surface area contributed by atoms with Gasteiger partial charge in [0.2, 0.25) is 5.91 Å². The lowest BCUT2D eigenvalue weighted by atomic mass is 9.71. The molecule has 1 saturated heterocycles. The van der Waals surface area contributed by atoms with E-state index in [1.807, 2.05) is 38.2 Å². The van der Waals surface area contributed by atoms with E-state index in [1.165, 1.54) is 11.0 Å². The molecule has 0 bridgehead atoms. The SMILES string of the molecule is C=CCN1C[C@H](C(=O)N(CCCN(C)C)C(=O)NCC)C[C@H]2c3c([18F])ccc4[nH]cc(c34)C[C@H]21. The Morgan fingerprint density at radius 2 is 2.12 bits per heavy atom. The van der Waals surface area contributed by atoms with Gasteiger partial charge in [-0.3, -0.25) is 14.6 Å². The zero-order chi connectivity index (χ0) is 24.4. The van der Waals surface area contributed by atoms with Gasteiger partial charge < -0.3 is 15.2 Å². The number of piperidine rings is 1. The van der Waals surface area contributed by atoms with Crippen molar-refractivity contribution in [1.82, 2.24) is 25.0 Å². The quantitative estimate of drug-likeness (QED) is 0.583. The monoisotopic (exact) mass is 468 g/mol. The first-order valence-corrected chi connectivity index (χ1v) is 12.2. The highest BCUT2D eigenvalue weighted by Gasteiger charge is 2.45. The fourth-order valence-corrected chi connectivity index (χ4v) is 5.72. The normalized spacial score (nSPS) is 22.0. The lowest BCUT2D eigenvalue weighted by molar-refractivity contribution is -0.135. The van der Waals surface area contributed by atoms with Gasteiger partial charge in [0.25, 0.3) is 0 Å². The Labute approximate surface area is 201 Å². The van der Waals surface area contributed by atoms with Crippen LogP contribution >= 0.6 is 0 Å². The van der Waals surface area contributed by atoms with Crippen LogP contribution in [0.2, 0.25) is 0 Å². The smallest absolute Gasteiger partial charge is 0.324 e. The number of amides is 3. The van der Waals surface area contributed by atoms with Gasteiger partial charge in [-0.25, -0.2) is 9.18 Å². The lowest BCUT2D eigenvalue weighted by Crippen LogP contribution is -2.55. The van der Waals surface area contributed by atoms with Gasteiger partial charge >= 0.3 is 6.03 Å². The van der Waals surface area contributed by atoms with Crippen LogP contribution in [0.15, 0.2) is 31.0 Å². The average molecular weight is 469 g/mol. The van der Waals surface area contributed by atoms with Crippen molar-refractivity contribution in [1.29, 1.82) is 0 Å². The van der Waals surface area contributed by atoms with Crippen molar-refractivity contribution < 1.29 is 14.0 Å². The van der Waals surface area contributed by atoms with Crippen LogP contribution in [0.3, 0.4) is 0 Å². The number of carbonyl (C=O) groups is 2. The van der Waals surface area contributed by atoms with Gasteiger partial charge in [-0.1, -0.05) is 6.08 Å². The molecule has 8 heteroatoms. The Morgan fingerprint density at radius 1 is 1.32 bits per heavy atom. The number of hydrogen-bond acceptors (Lipinski definition) is 4. The Bertz CT molecular complexity index is 1060. The summed E-state index contributed by atoms with van der Waals surface area (Å²) >= 11 is 0. The maximum atomic E-state index is 15.2. The van der Waals surface area contributed by atoms with E-state index in [0.29, 0.717) is 44.6 Å². The molecule has 2 aromatic rings. The highest BCUT2D eigenvalue weighted by atomic mass is 18.2. The van der Waals surface area contributed by atoms with E-state index in [9.17, 15) is 9.59 Å². The summed E-state index contributed by atoms with van der Waals surface area (Å²) < 4.78 is 15.2. The van der Waals surface area contributed by atoms with Gasteiger partial charge in [0.05, 0.1) is 5.92 Å². The molecule has 0 spiro atoms. The van der Waals surface area contributed by atoms with Crippen LogP contribution < -0.4 is 5.32 Å². The van der Waals surface area contributed by atoms with Crippen LogP contribution in [0.25, 0.3) is 10.9 Å². The molecule has 3 amide bonds. The van der Waals surface area contributed by atoms with Crippen LogP contribution in [-0.2, 0) is 11.2 Å². The summed E-state index contributed by atoms with van der Waals surface area (Å²) in [6.45, 7) is 8.51. The second-order valence-electron chi connectivity index (χ2n) is 9.73. The number of nitrogens with one attached hydrogen (secondary N) is 2. The summed E-state index contributed by atoms with van der Waals surface area (Å²) in [5.41, 5.74) is 2.76. The highest BCUT2D eigenvalue weighted by Crippen LogP contribution is 2.46. The minimum absolute atomic E-state index is 0.0945. The van der Waals surface area contributed by atoms with Crippen molar-refractivity contribution in [3.05, 3.63) is 47.9 Å². The number of likely N-dealkylation sites (tertiary alicyclic amines) is 1. The van der Waals surface area contributed by atoms with Crippen LogP contribution in [0.5, 0.6) is 0 Å². The average Bonchev–Trinajstić information content (AvgIpc) is 3.21. The Kier molecular flexibility index (Phi) is 7.38. The summed E-state index contributed by atoms with van der Waals surface area (Å²) in [6.07, 6.45) is 5.85. The van der Waals surface area contributed by atoms with E-state index in [1.54, 1.807) is 6.07 Å². The molecule has 7 nitrogen and oxygen atoms in total. The number of benzene rings is 1. The minimum atomic E-state index is -0.390. The standard InChI is InChI=1S/C26H36FN5O2/c1-5-10-31-16-18(25(33)32(26(34)28-6-2)12-7-11-30(3)4)13-19-22(31)14-17-15-29-21-9-8-20(27)24(19)23(17)21/h5,8-9,15,18-19,22,29H,1,6-7,10-14,16H2,2-4H3,(H,28,34)/t18-,19-,22-/m1/s1/i27-1. The summed E-state index contributed by atoms with van der Waals surface area (Å²) in [4.78, 5) is 35.5. The number of aromatic nitrogens is 1. The van der Waals surface area contributed by atoms with E-state index in [-0.39, 0.29) is 29.7 Å². The molecule has 4 rings (SSSR count). The number of imide groups is 1. The largest absolute Gasteiger partial charge is 0.361 e. The fraction of sp³-hybridized carbons (Fsp3) is 0.538. The third-order valence-corrected chi connectivity index (χ3v) is 7.18. The predicted molar refractivity (Wildman–Crippen MR) is 132 cm³/mol. The van der Waals surface area contributed by atoms with Crippen molar-refractivity contribution in [2.75, 3.05) is 46.8 Å². The van der Waals surface area contributed by atoms with Crippen LogP contribution in [-0.4, -0.2) is 84.5 Å². The molecular weight excluding hydrogens is 432 g/mol. The summed E-state index contributed by atoms with van der Waals surface area (Å²) in [5, 5.41) is 3.75.